The van der Waals surface area contributed by atoms with Gasteiger partial charge in [0.2, 0.25) is 5.43 Å². The first kappa shape index (κ1) is 16.7. The standard InChI is InChI=1S/C21H19NO3/c1-15(17-12-11-16-7-5-6-8-18(16)13-17)22-21(24)14-25-20-10-4-2-3-9-19(20)23/h2-13,15H,14H2,1H3,(H,22,24)/t15-/m0/s1. The fourth-order valence-corrected chi connectivity index (χ4v) is 2.62. The molecule has 1 N–H and O–H groups in total. The van der Waals surface area contributed by atoms with E-state index < -0.39 is 0 Å². The minimum absolute atomic E-state index is 0.153. The van der Waals surface area contributed by atoms with Crippen LogP contribution in [-0.2, 0) is 4.79 Å². The number of rotatable bonds is 5. The monoisotopic (exact) mass is 333 g/mol. The van der Waals surface area contributed by atoms with E-state index in [4.69, 9.17) is 4.74 Å². The van der Waals surface area contributed by atoms with Crippen molar-refractivity contribution in [3.8, 4) is 5.75 Å². The lowest BCUT2D eigenvalue weighted by Gasteiger charge is -2.15. The summed E-state index contributed by atoms with van der Waals surface area (Å²) in [4.78, 5) is 23.9. The van der Waals surface area contributed by atoms with E-state index in [2.05, 4.69) is 17.4 Å². The molecule has 4 heteroatoms. The number of benzene rings is 2. The Labute approximate surface area is 146 Å². The van der Waals surface area contributed by atoms with Crippen molar-refractivity contribution in [2.24, 2.45) is 0 Å². The van der Waals surface area contributed by atoms with Crippen molar-refractivity contribution in [3.63, 3.8) is 0 Å². The van der Waals surface area contributed by atoms with Crippen LogP contribution >= 0.6 is 0 Å². The molecule has 0 aliphatic rings. The van der Waals surface area contributed by atoms with Crippen LogP contribution in [0.4, 0.5) is 0 Å². The lowest BCUT2D eigenvalue weighted by molar-refractivity contribution is -0.123. The Morgan fingerprint density at radius 3 is 2.52 bits per heavy atom. The molecule has 0 saturated heterocycles. The quantitative estimate of drug-likeness (QED) is 0.778. The largest absolute Gasteiger partial charge is 0.480 e. The van der Waals surface area contributed by atoms with Crippen LogP contribution in [0.2, 0.25) is 0 Å². The van der Waals surface area contributed by atoms with E-state index in [0.717, 1.165) is 16.3 Å². The summed E-state index contributed by atoms with van der Waals surface area (Å²) in [5, 5.41) is 5.18. The van der Waals surface area contributed by atoms with Crippen molar-refractivity contribution in [1.29, 1.82) is 0 Å². The molecule has 0 saturated carbocycles. The maximum absolute atomic E-state index is 12.1. The molecule has 4 nitrogen and oxygen atoms in total. The van der Waals surface area contributed by atoms with Crippen LogP contribution in [0.25, 0.3) is 10.8 Å². The molecule has 0 heterocycles. The zero-order chi connectivity index (χ0) is 17.6. The summed E-state index contributed by atoms with van der Waals surface area (Å²) in [5.41, 5.74) is 0.767. The predicted octanol–water partition coefficient (Wildman–Crippen LogP) is 3.46. The molecule has 126 valence electrons. The van der Waals surface area contributed by atoms with Gasteiger partial charge in [0.05, 0.1) is 6.04 Å². The minimum atomic E-state index is -0.272. The molecule has 1 atom stereocenters. The van der Waals surface area contributed by atoms with Gasteiger partial charge in [-0.15, -0.1) is 0 Å². The Balaban J connectivity index is 1.63. The normalized spacial score (nSPS) is 11.7. The van der Waals surface area contributed by atoms with Gasteiger partial charge >= 0.3 is 0 Å². The second kappa shape index (κ2) is 7.62. The van der Waals surface area contributed by atoms with Crippen LogP contribution in [-0.4, -0.2) is 12.5 Å². The van der Waals surface area contributed by atoms with Gasteiger partial charge < -0.3 is 10.1 Å². The van der Waals surface area contributed by atoms with E-state index in [9.17, 15) is 9.59 Å². The Morgan fingerprint density at radius 1 is 0.960 bits per heavy atom. The molecule has 0 fully saturated rings. The molecule has 0 aliphatic carbocycles. The van der Waals surface area contributed by atoms with E-state index in [1.54, 1.807) is 24.3 Å². The average Bonchev–Trinajstić information content (AvgIpc) is 2.83. The number of hydrogen-bond acceptors (Lipinski definition) is 3. The van der Waals surface area contributed by atoms with Crippen LogP contribution in [0, 0.1) is 0 Å². The molecule has 3 rings (SSSR count). The van der Waals surface area contributed by atoms with Crippen LogP contribution in [0.5, 0.6) is 5.75 Å². The molecule has 0 aromatic heterocycles. The summed E-state index contributed by atoms with van der Waals surface area (Å²) in [6.07, 6.45) is 0. The van der Waals surface area contributed by atoms with Crippen LogP contribution in [0.3, 0.4) is 0 Å². The van der Waals surface area contributed by atoms with E-state index >= 15 is 0 Å². The summed E-state index contributed by atoms with van der Waals surface area (Å²) in [5.74, 6) is -0.106. The number of carbonyl (C=O) groups excluding carboxylic acids is 1. The number of fused-ring (bicyclic) bond motifs is 1. The first-order chi connectivity index (χ1) is 12.1. The second-order valence-corrected chi connectivity index (χ2v) is 5.82. The Bertz CT molecular complexity index is 952. The maximum Gasteiger partial charge on any atom is 0.258 e. The molecular formula is C21H19NO3. The minimum Gasteiger partial charge on any atom is -0.480 e. The summed E-state index contributed by atoms with van der Waals surface area (Å²) in [6.45, 7) is 1.72. The topological polar surface area (TPSA) is 55.4 Å². The van der Waals surface area contributed by atoms with Gasteiger partial charge in [0.15, 0.2) is 12.4 Å². The average molecular weight is 333 g/mol. The van der Waals surface area contributed by atoms with Gasteiger partial charge in [0.1, 0.15) is 0 Å². The third-order valence-corrected chi connectivity index (χ3v) is 3.97. The maximum atomic E-state index is 12.1. The SMILES string of the molecule is C[C@H](NC(=O)COc1cccccc1=O)c1ccc2ccccc2c1. The third-order valence-electron chi connectivity index (χ3n) is 3.97. The van der Waals surface area contributed by atoms with Gasteiger partial charge in [-0.3, -0.25) is 9.59 Å². The highest BCUT2D eigenvalue weighted by molar-refractivity contribution is 5.83. The molecule has 0 unspecified atom stereocenters. The summed E-state index contributed by atoms with van der Waals surface area (Å²) in [7, 11) is 0. The molecule has 1 amide bonds. The summed E-state index contributed by atoms with van der Waals surface area (Å²) >= 11 is 0. The van der Waals surface area contributed by atoms with Crippen molar-refractivity contribution in [1.82, 2.24) is 5.32 Å². The first-order valence-electron chi connectivity index (χ1n) is 8.14. The number of hydrogen-bond donors (Lipinski definition) is 1. The van der Waals surface area contributed by atoms with Gasteiger partial charge in [-0.1, -0.05) is 54.6 Å². The van der Waals surface area contributed by atoms with Crippen LogP contribution < -0.4 is 15.5 Å². The second-order valence-electron chi connectivity index (χ2n) is 5.82. The van der Waals surface area contributed by atoms with E-state index in [1.807, 2.05) is 37.3 Å². The molecule has 0 aliphatic heterocycles. The smallest absolute Gasteiger partial charge is 0.258 e. The van der Waals surface area contributed by atoms with E-state index in [1.165, 1.54) is 6.07 Å². The summed E-state index contributed by atoms with van der Waals surface area (Å²) < 4.78 is 5.34. The Hall–Kier alpha value is -3.14. The highest BCUT2D eigenvalue weighted by atomic mass is 16.5. The van der Waals surface area contributed by atoms with Gasteiger partial charge in [-0.25, -0.2) is 0 Å². The highest BCUT2D eigenvalue weighted by Crippen LogP contribution is 2.20. The number of carbonyl (C=O) groups is 1. The molecule has 0 bridgehead atoms. The third kappa shape index (κ3) is 4.23. The predicted molar refractivity (Wildman–Crippen MR) is 98.7 cm³/mol. The van der Waals surface area contributed by atoms with E-state index in [0.29, 0.717) is 0 Å². The number of ether oxygens (including phenoxy) is 1. The van der Waals surface area contributed by atoms with Crippen molar-refractivity contribution >= 4 is 16.7 Å². The van der Waals surface area contributed by atoms with Gasteiger partial charge in [-0.2, -0.15) is 0 Å². The highest BCUT2D eigenvalue weighted by Gasteiger charge is 2.11. The van der Waals surface area contributed by atoms with Crippen LogP contribution in [0.1, 0.15) is 18.5 Å². The zero-order valence-electron chi connectivity index (χ0n) is 13.9. The summed E-state index contributed by atoms with van der Waals surface area (Å²) in [6, 6.07) is 22.1. The van der Waals surface area contributed by atoms with Gasteiger partial charge in [0.25, 0.3) is 5.91 Å². The Morgan fingerprint density at radius 2 is 1.68 bits per heavy atom. The van der Waals surface area contributed by atoms with Gasteiger partial charge in [-0.05, 0) is 41.5 Å². The van der Waals surface area contributed by atoms with Crippen molar-refractivity contribution in [3.05, 3.63) is 88.6 Å². The van der Waals surface area contributed by atoms with Gasteiger partial charge in [0, 0.05) is 0 Å². The fraction of sp³-hybridized carbons (Fsp3) is 0.143. The molecular weight excluding hydrogens is 314 g/mol. The molecule has 0 radical (unpaired) electrons. The number of amides is 1. The van der Waals surface area contributed by atoms with Crippen LogP contribution in [0.15, 0.2) is 77.6 Å². The first-order valence-corrected chi connectivity index (χ1v) is 8.14. The molecule has 0 spiro atoms. The molecule has 3 aromatic rings. The molecule has 25 heavy (non-hydrogen) atoms. The Kier molecular flexibility index (Phi) is 5.09. The van der Waals surface area contributed by atoms with Crippen molar-refractivity contribution < 1.29 is 9.53 Å². The lowest BCUT2D eigenvalue weighted by atomic mass is 10.0. The number of nitrogens with one attached hydrogen (secondary N) is 1. The molecule has 3 aromatic carbocycles. The van der Waals surface area contributed by atoms with Crippen molar-refractivity contribution in [2.45, 2.75) is 13.0 Å². The van der Waals surface area contributed by atoms with E-state index in [-0.39, 0.29) is 29.7 Å². The zero-order valence-corrected chi connectivity index (χ0v) is 13.9. The van der Waals surface area contributed by atoms with Crippen molar-refractivity contribution in [2.75, 3.05) is 6.61 Å². The lowest BCUT2D eigenvalue weighted by Crippen LogP contribution is -2.31. The fourth-order valence-electron chi connectivity index (χ4n) is 2.62.